The average Bonchev–Trinajstić information content (AvgIpc) is 3.67. The molecule has 0 bridgehead atoms. The van der Waals surface area contributed by atoms with Crippen LogP contribution in [-0.4, -0.2) is 88.2 Å². The van der Waals surface area contributed by atoms with Crippen LogP contribution in [0, 0.1) is 0 Å². The predicted molar refractivity (Wildman–Crippen MR) is 154 cm³/mol. The summed E-state index contributed by atoms with van der Waals surface area (Å²) < 4.78 is 0. The number of nitrogens with one attached hydrogen (secondary N) is 2. The maximum absolute atomic E-state index is 13.8. The average molecular weight is 579 g/mol. The van der Waals surface area contributed by atoms with Crippen LogP contribution in [0.25, 0.3) is 0 Å². The molecule has 2 aromatic carbocycles. The van der Waals surface area contributed by atoms with Gasteiger partial charge in [-0.3, -0.25) is 24.0 Å². The van der Waals surface area contributed by atoms with Gasteiger partial charge in [0.25, 0.3) is 0 Å². The third-order valence-electron chi connectivity index (χ3n) is 7.72. The van der Waals surface area contributed by atoms with Crippen molar-refractivity contribution in [2.45, 2.75) is 62.7 Å². The molecule has 7 N–H and O–H groups in total. The highest BCUT2D eigenvalue weighted by atomic mass is 16.3. The summed E-state index contributed by atoms with van der Waals surface area (Å²) in [5.74, 6) is -2.28. The lowest BCUT2D eigenvalue weighted by molar-refractivity contribution is -0.143. The minimum Gasteiger partial charge on any atom is -0.508 e. The van der Waals surface area contributed by atoms with E-state index >= 15 is 0 Å². The molecule has 2 fully saturated rings. The molecule has 12 heteroatoms. The number of aromatic hydroxyl groups is 1. The molecule has 4 atom stereocenters. The van der Waals surface area contributed by atoms with Crippen molar-refractivity contribution in [3.8, 4) is 5.75 Å². The monoisotopic (exact) mass is 578 g/mol. The van der Waals surface area contributed by atoms with Gasteiger partial charge in [0.2, 0.25) is 29.5 Å². The molecule has 42 heavy (non-hydrogen) atoms. The van der Waals surface area contributed by atoms with Gasteiger partial charge >= 0.3 is 0 Å². The number of phenols is 1. The van der Waals surface area contributed by atoms with Crippen molar-refractivity contribution in [3.05, 3.63) is 65.7 Å². The number of carbonyl (C=O) groups is 5. The topological polar surface area (TPSA) is 188 Å². The number of primary amides is 1. The molecule has 5 amide bonds. The first kappa shape index (κ1) is 30.5. The summed E-state index contributed by atoms with van der Waals surface area (Å²) in [6, 6.07) is 12.2. The van der Waals surface area contributed by atoms with Crippen LogP contribution < -0.4 is 22.1 Å². The van der Waals surface area contributed by atoms with Gasteiger partial charge in [0.05, 0.1) is 12.6 Å². The quantitative estimate of drug-likeness (QED) is 0.239. The molecule has 4 rings (SSSR count). The van der Waals surface area contributed by atoms with Crippen molar-refractivity contribution in [3.63, 3.8) is 0 Å². The number of nitrogens with two attached hydrogens (primary N) is 2. The largest absolute Gasteiger partial charge is 0.508 e. The van der Waals surface area contributed by atoms with E-state index in [0.717, 1.165) is 11.1 Å². The number of carbonyl (C=O) groups excluding carboxylic acids is 5. The van der Waals surface area contributed by atoms with E-state index in [4.69, 9.17) is 11.5 Å². The van der Waals surface area contributed by atoms with E-state index in [9.17, 15) is 29.1 Å². The van der Waals surface area contributed by atoms with Crippen LogP contribution in [0.2, 0.25) is 0 Å². The van der Waals surface area contributed by atoms with Gasteiger partial charge in [-0.25, -0.2) is 0 Å². The van der Waals surface area contributed by atoms with Crippen LogP contribution in [-0.2, 0) is 36.8 Å². The van der Waals surface area contributed by atoms with Crippen LogP contribution in [0.15, 0.2) is 54.6 Å². The lowest BCUT2D eigenvalue weighted by Crippen LogP contribution is -2.58. The standard InChI is InChI=1S/C30H38N6O6/c31-22(16-20-10-12-21(37)13-11-20)29(41)35-14-5-9-25(35)28(40)34-23(17-19-6-2-1-3-7-19)30(42)36-15-4-8-24(36)27(39)33-18-26(32)38/h1-3,6-7,10-13,22-25,37H,4-5,8-9,14-18,31H2,(H2,32,38)(H,33,39)(H,34,40). The predicted octanol–water partition coefficient (Wildman–Crippen LogP) is -0.427. The molecule has 2 heterocycles. The van der Waals surface area contributed by atoms with Gasteiger partial charge in [-0.15, -0.1) is 0 Å². The molecule has 2 aliphatic rings. The molecule has 2 saturated heterocycles. The van der Waals surface area contributed by atoms with Crippen molar-refractivity contribution in [1.29, 1.82) is 0 Å². The fourth-order valence-corrected chi connectivity index (χ4v) is 5.60. The Bertz CT molecular complexity index is 1290. The zero-order valence-corrected chi connectivity index (χ0v) is 23.4. The summed E-state index contributed by atoms with van der Waals surface area (Å²) in [5, 5.41) is 14.9. The molecule has 224 valence electrons. The lowest BCUT2D eigenvalue weighted by Gasteiger charge is -2.31. The van der Waals surface area contributed by atoms with Crippen LogP contribution in [0.3, 0.4) is 0 Å². The number of benzene rings is 2. The maximum atomic E-state index is 13.8. The number of phenolic OH excluding ortho intramolecular Hbond substituents is 1. The third kappa shape index (κ3) is 7.64. The Labute approximate surface area is 244 Å². The molecule has 12 nitrogen and oxygen atoms in total. The fourth-order valence-electron chi connectivity index (χ4n) is 5.60. The van der Waals surface area contributed by atoms with Gasteiger partial charge in [0.1, 0.15) is 23.9 Å². The summed E-state index contributed by atoms with van der Waals surface area (Å²) in [5.41, 5.74) is 13.0. The molecule has 0 aromatic heterocycles. The molecule has 0 saturated carbocycles. The third-order valence-corrected chi connectivity index (χ3v) is 7.72. The van der Waals surface area contributed by atoms with Gasteiger partial charge < -0.3 is 37.0 Å². The van der Waals surface area contributed by atoms with Crippen molar-refractivity contribution in [2.75, 3.05) is 19.6 Å². The van der Waals surface area contributed by atoms with Gasteiger partial charge in [-0.1, -0.05) is 42.5 Å². The Hall–Kier alpha value is -4.45. The summed E-state index contributed by atoms with van der Waals surface area (Å²) in [6.45, 7) is 0.364. The van der Waals surface area contributed by atoms with Crippen LogP contribution in [0.4, 0.5) is 0 Å². The smallest absolute Gasteiger partial charge is 0.246 e. The van der Waals surface area contributed by atoms with E-state index in [2.05, 4.69) is 10.6 Å². The number of nitrogens with zero attached hydrogens (tertiary/aromatic N) is 2. The minimum absolute atomic E-state index is 0.112. The van der Waals surface area contributed by atoms with E-state index in [-0.39, 0.29) is 31.0 Å². The number of hydrogen-bond donors (Lipinski definition) is 5. The molecule has 0 aliphatic carbocycles. The second kappa shape index (κ2) is 13.9. The normalized spacial score (nSPS) is 19.6. The van der Waals surface area contributed by atoms with E-state index in [0.29, 0.717) is 38.8 Å². The molecular weight excluding hydrogens is 540 g/mol. The van der Waals surface area contributed by atoms with E-state index in [1.54, 1.807) is 12.1 Å². The molecule has 2 aromatic rings. The summed E-state index contributed by atoms with van der Waals surface area (Å²) in [7, 11) is 0. The Morgan fingerprint density at radius 2 is 1.38 bits per heavy atom. The van der Waals surface area contributed by atoms with Crippen LogP contribution >= 0.6 is 0 Å². The maximum Gasteiger partial charge on any atom is 0.246 e. The second-order valence-corrected chi connectivity index (χ2v) is 10.8. The first-order chi connectivity index (χ1) is 20.1. The van der Waals surface area contributed by atoms with Gasteiger partial charge in [-0.2, -0.15) is 0 Å². The molecule has 4 unspecified atom stereocenters. The Morgan fingerprint density at radius 3 is 2.00 bits per heavy atom. The number of rotatable bonds is 11. The van der Waals surface area contributed by atoms with Crippen molar-refractivity contribution in [2.24, 2.45) is 11.5 Å². The molecular formula is C30H38N6O6. The SMILES string of the molecule is NC(=O)CNC(=O)C1CCCN1C(=O)C(Cc1ccccc1)NC(=O)C1CCCN1C(=O)C(N)Cc1ccc(O)cc1. The van der Waals surface area contributed by atoms with E-state index < -0.39 is 47.8 Å². The Morgan fingerprint density at radius 1 is 0.810 bits per heavy atom. The first-order valence-electron chi connectivity index (χ1n) is 14.2. The number of amides is 5. The van der Waals surface area contributed by atoms with E-state index in [1.165, 1.54) is 21.9 Å². The van der Waals surface area contributed by atoms with Gasteiger partial charge in [-0.05, 0) is 55.4 Å². The summed E-state index contributed by atoms with van der Waals surface area (Å²) in [4.78, 5) is 67.5. The number of hydrogen-bond acceptors (Lipinski definition) is 7. The highest BCUT2D eigenvalue weighted by Gasteiger charge is 2.41. The van der Waals surface area contributed by atoms with Crippen LogP contribution in [0.1, 0.15) is 36.8 Å². The molecule has 2 aliphatic heterocycles. The van der Waals surface area contributed by atoms with Crippen molar-refractivity contribution < 1.29 is 29.1 Å². The fraction of sp³-hybridized carbons (Fsp3) is 0.433. The Kier molecular flexibility index (Phi) is 10.1. The zero-order chi connectivity index (χ0) is 30.2. The van der Waals surface area contributed by atoms with E-state index in [1.807, 2.05) is 30.3 Å². The highest BCUT2D eigenvalue weighted by molar-refractivity contribution is 5.96. The molecule has 0 spiro atoms. The first-order valence-corrected chi connectivity index (χ1v) is 14.2. The summed E-state index contributed by atoms with van der Waals surface area (Å²) in [6.07, 6.45) is 2.49. The highest BCUT2D eigenvalue weighted by Crippen LogP contribution is 2.22. The van der Waals surface area contributed by atoms with Crippen molar-refractivity contribution in [1.82, 2.24) is 20.4 Å². The minimum atomic E-state index is -0.979. The summed E-state index contributed by atoms with van der Waals surface area (Å²) >= 11 is 0. The van der Waals surface area contributed by atoms with Gasteiger partial charge in [0.15, 0.2) is 0 Å². The molecule has 0 radical (unpaired) electrons. The second-order valence-electron chi connectivity index (χ2n) is 10.8. The number of likely N-dealkylation sites (tertiary alicyclic amines) is 2. The Balaban J connectivity index is 1.47. The van der Waals surface area contributed by atoms with Crippen LogP contribution in [0.5, 0.6) is 5.75 Å². The lowest BCUT2D eigenvalue weighted by atomic mass is 10.0. The zero-order valence-electron chi connectivity index (χ0n) is 23.4. The van der Waals surface area contributed by atoms with Crippen molar-refractivity contribution >= 4 is 29.5 Å². The van der Waals surface area contributed by atoms with Gasteiger partial charge in [0, 0.05) is 19.5 Å².